The molecule has 0 aliphatic rings. The molecule has 0 aliphatic carbocycles. The van der Waals surface area contributed by atoms with Crippen LogP contribution in [0.25, 0.3) is 0 Å². The maximum atomic E-state index is 12.1. The molecule has 5 heteroatoms. The number of ether oxygens (including phenoxy) is 1. The zero-order chi connectivity index (χ0) is 12.4. The molecule has 0 amide bonds. The Morgan fingerprint density at radius 2 is 2.24 bits per heavy atom. The third kappa shape index (κ3) is 2.13. The van der Waals surface area contributed by atoms with Crippen molar-refractivity contribution in [1.82, 2.24) is 9.78 Å². The van der Waals surface area contributed by atoms with Gasteiger partial charge >= 0.3 is 0 Å². The molecule has 2 rings (SSSR count). The van der Waals surface area contributed by atoms with Gasteiger partial charge in [-0.15, -0.1) is 0 Å². The summed E-state index contributed by atoms with van der Waals surface area (Å²) in [4.78, 5) is 12.1. The Bertz CT molecular complexity index is 561. The molecule has 1 aromatic carbocycles. The predicted octanol–water partition coefficient (Wildman–Crippen LogP) is 1.24. The van der Waals surface area contributed by atoms with Crippen LogP contribution in [-0.4, -0.2) is 22.7 Å². The van der Waals surface area contributed by atoms with Crippen LogP contribution in [0.4, 0.5) is 5.69 Å². The number of hydrogen-bond acceptors (Lipinski definition) is 4. The number of nitrogen functional groups attached to an aromatic ring is 1. The van der Waals surface area contributed by atoms with Gasteiger partial charge in [0.25, 0.3) is 0 Å². The average molecular weight is 231 g/mol. The number of carbonyl (C=O) groups is 1. The van der Waals surface area contributed by atoms with Crippen LogP contribution in [0.2, 0.25) is 0 Å². The normalized spacial score (nSPS) is 10.2. The zero-order valence-electron chi connectivity index (χ0n) is 9.68. The van der Waals surface area contributed by atoms with Crippen molar-refractivity contribution in [3.8, 4) is 5.75 Å². The fraction of sp³-hybridized carbons (Fsp3) is 0.167. The van der Waals surface area contributed by atoms with Crippen LogP contribution in [0.15, 0.2) is 30.6 Å². The van der Waals surface area contributed by atoms with Gasteiger partial charge in [0.2, 0.25) is 0 Å². The third-order valence-electron chi connectivity index (χ3n) is 2.47. The van der Waals surface area contributed by atoms with Gasteiger partial charge in [-0.3, -0.25) is 9.48 Å². The monoisotopic (exact) mass is 231 g/mol. The van der Waals surface area contributed by atoms with E-state index in [0.29, 0.717) is 22.6 Å². The number of methoxy groups -OCH3 is 1. The molecule has 0 bridgehead atoms. The number of aromatic nitrogens is 2. The molecule has 0 saturated heterocycles. The van der Waals surface area contributed by atoms with Crippen molar-refractivity contribution in [2.45, 2.75) is 0 Å². The minimum atomic E-state index is -0.141. The van der Waals surface area contributed by atoms with Crippen LogP contribution in [0.1, 0.15) is 15.9 Å². The molecule has 0 unspecified atom stereocenters. The average Bonchev–Trinajstić information content (AvgIpc) is 2.75. The van der Waals surface area contributed by atoms with Gasteiger partial charge in [-0.25, -0.2) is 0 Å². The Hall–Kier alpha value is -2.30. The molecular weight excluding hydrogens is 218 g/mol. The second-order valence-electron chi connectivity index (χ2n) is 3.68. The summed E-state index contributed by atoms with van der Waals surface area (Å²) in [5.41, 5.74) is 7.19. The first kappa shape index (κ1) is 11.2. The summed E-state index contributed by atoms with van der Waals surface area (Å²) >= 11 is 0. The number of nitrogens with two attached hydrogens (primary N) is 1. The lowest BCUT2D eigenvalue weighted by Gasteiger charge is -2.05. The Balaban J connectivity index is 2.37. The lowest BCUT2D eigenvalue weighted by atomic mass is 10.0. The lowest BCUT2D eigenvalue weighted by molar-refractivity contribution is 0.103. The molecule has 1 heterocycles. The highest BCUT2D eigenvalue weighted by Gasteiger charge is 2.14. The molecule has 0 fully saturated rings. The summed E-state index contributed by atoms with van der Waals surface area (Å²) in [6.45, 7) is 0. The van der Waals surface area contributed by atoms with E-state index in [4.69, 9.17) is 10.5 Å². The van der Waals surface area contributed by atoms with Crippen molar-refractivity contribution in [3.05, 3.63) is 41.7 Å². The van der Waals surface area contributed by atoms with Gasteiger partial charge in [-0.2, -0.15) is 5.10 Å². The van der Waals surface area contributed by atoms with Gasteiger partial charge in [0.1, 0.15) is 5.75 Å². The summed E-state index contributed by atoms with van der Waals surface area (Å²) in [5.74, 6) is 0.489. The highest BCUT2D eigenvalue weighted by molar-refractivity contribution is 6.11. The Morgan fingerprint density at radius 1 is 1.47 bits per heavy atom. The molecule has 0 radical (unpaired) electrons. The van der Waals surface area contributed by atoms with Gasteiger partial charge < -0.3 is 10.5 Å². The number of aryl methyl sites for hydroxylation is 1. The second-order valence-corrected chi connectivity index (χ2v) is 3.68. The van der Waals surface area contributed by atoms with Crippen molar-refractivity contribution in [2.24, 2.45) is 7.05 Å². The van der Waals surface area contributed by atoms with E-state index in [1.807, 2.05) is 0 Å². The maximum absolute atomic E-state index is 12.1. The summed E-state index contributed by atoms with van der Waals surface area (Å²) < 4.78 is 6.61. The van der Waals surface area contributed by atoms with Crippen LogP contribution in [0.5, 0.6) is 5.75 Å². The van der Waals surface area contributed by atoms with Gasteiger partial charge in [0, 0.05) is 30.6 Å². The highest BCUT2D eigenvalue weighted by Crippen LogP contribution is 2.22. The van der Waals surface area contributed by atoms with Crippen molar-refractivity contribution in [2.75, 3.05) is 12.8 Å². The largest absolute Gasteiger partial charge is 0.497 e. The molecule has 0 saturated carbocycles. The van der Waals surface area contributed by atoms with Crippen molar-refractivity contribution in [1.29, 1.82) is 0 Å². The minimum absolute atomic E-state index is 0.141. The van der Waals surface area contributed by atoms with Crippen LogP contribution in [0, 0.1) is 0 Å². The summed E-state index contributed by atoms with van der Waals surface area (Å²) in [7, 11) is 3.31. The number of ketones is 1. The molecule has 5 nitrogen and oxygen atoms in total. The Kier molecular flexibility index (Phi) is 2.82. The number of rotatable bonds is 3. The zero-order valence-corrected chi connectivity index (χ0v) is 9.68. The first-order valence-electron chi connectivity index (χ1n) is 5.08. The summed E-state index contributed by atoms with van der Waals surface area (Å²) in [6, 6.07) is 4.99. The number of hydrogen-bond donors (Lipinski definition) is 1. The van der Waals surface area contributed by atoms with E-state index in [2.05, 4.69) is 5.10 Å². The summed E-state index contributed by atoms with van der Waals surface area (Å²) in [6.07, 6.45) is 3.18. The van der Waals surface area contributed by atoms with Gasteiger partial charge in [0.05, 0.1) is 18.9 Å². The highest BCUT2D eigenvalue weighted by atomic mass is 16.5. The van der Waals surface area contributed by atoms with E-state index in [-0.39, 0.29) is 5.78 Å². The number of carbonyl (C=O) groups excluding carboxylic acids is 1. The van der Waals surface area contributed by atoms with E-state index in [1.165, 1.54) is 6.20 Å². The van der Waals surface area contributed by atoms with E-state index in [0.717, 1.165) is 0 Å². The first-order valence-corrected chi connectivity index (χ1v) is 5.08. The number of nitrogens with zero attached hydrogens (tertiary/aromatic N) is 2. The van der Waals surface area contributed by atoms with E-state index < -0.39 is 0 Å². The van der Waals surface area contributed by atoms with Gasteiger partial charge in [0.15, 0.2) is 5.78 Å². The first-order chi connectivity index (χ1) is 8.11. The molecule has 0 aliphatic heterocycles. The maximum Gasteiger partial charge on any atom is 0.198 e. The number of benzene rings is 1. The van der Waals surface area contributed by atoms with Gasteiger partial charge in [-0.1, -0.05) is 0 Å². The fourth-order valence-corrected chi connectivity index (χ4v) is 1.57. The van der Waals surface area contributed by atoms with Crippen LogP contribution >= 0.6 is 0 Å². The molecule has 88 valence electrons. The quantitative estimate of drug-likeness (QED) is 0.637. The topological polar surface area (TPSA) is 70.1 Å². The van der Waals surface area contributed by atoms with E-state index in [1.54, 1.807) is 43.2 Å². The molecular formula is C12H13N3O2. The predicted molar refractivity (Wildman–Crippen MR) is 64.0 cm³/mol. The molecule has 2 N–H and O–H groups in total. The second kappa shape index (κ2) is 4.29. The number of anilines is 1. The van der Waals surface area contributed by atoms with Crippen LogP contribution < -0.4 is 10.5 Å². The van der Waals surface area contributed by atoms with Crippen LogP contribution in [-0.2, 0) is 7.05 Å². The van der Waals surface area contributed by atoms with Crippen LogP contribution in [0.3, 0.4) is 0 Å². The lowest BCUT2D eigenvalue weighted by Crippen LogP contribution is -2.04. The smallest absolute Gasteiger partial charge is 0.198 e. The van der Waals surface area contributed by atoms with Crippen molar-refractivity contribution >= 4 is 11.5 Å². The standard InChI is InChI=1S/C12H13N3O2/c1-15-7-8(6-14-15)12(16)10-4-3-9(17-2)5-11(10)13/h3-7H,13H2,1-2H3. The SMILES string of the molecule is COc1ccc(C(=O)c2cnn(C)c2)c(N)c1. The molecule has 1 aromatic heterocycles. The van der Waals surface area contributed by atoms with E-state index >= 15 is 0 Å². The third-order valence-corrected chi connectivity index (χ3v) is 2.47. The molecule has 2 aromatic rings. The Morgan fingerprint density at radius 3 is 2.76 bits per heavy atom. The molecule has 0 atom stereocenters. The molecule has 0 spiro atoms. The van der Waals surface area contributed by atoms with Gasteiger partial charge in [-0.05, 0) is 12.1 Å². The van der Waals surface area contributed by atoms with Crippen molar-refractivity contribution in [3.63, 3.8) is 0 Å². The molecule has 17 heavy (non-hydrogen) atoms. The minimum Gasteiger partial charge on any atom is -0.497 e. The van der Waals surface area contributed by atoms with E-state index in [9.17, 15) is 4.79 Å². The summed E-state index contributed by atoms with van der Waals surface area (Å²) in [5, 5.41) is 3.96. The Labute approximate surface area is 98.8 Å². The van der Waals surface area contributed by atoms with Crippen molar-refractivity contribution < 1.29 is 9.53 Å². The fourth-order valence-electron chi connectivity index (χ4n) is 1.57.